The maximum absolute atomic E-state index is 12.6. The number of nitrogens with zero attached hydrogens (tertiary/aromatic N) is 1. The summed E-state index contributed by atoms with van der Waals surface area (Å²) in [6.45, 7) is 4.24. The van der Waals surface area contributed by atoms with E-state index in [4.69, 9.17) is 23.2 Å². The number of halogens is 2. The van der Waals surface area contributed by atoms with E-state index in [1.165, 1.54) is 4.90 Å². The first kappa shape index (κ1) is 17.8. The van der Waals surface area contributed by atoms with Crippen molar-refractivity contribution in [2.45, 2.75) is 20.3 Å². The zero-order valence-electron chi connectivity index (χ0n) is 14.0. The van der Waals surface area contributed by atoms with Crippen LogP contribution >= 0.6 is 23.2 Å². The van der Waals surface area contributed by atoms with E-state index in [-0.39, 0.29) is 24.8 Å². The fraction of sp³-hybridized carbons (Fsp3) is 0.263. The second kappa shape index (κ2) is 7.06. The predicted molar refractivity (Wildman–Crippen MR) is 101 cm³/mol. The quantitative estimate of drug-likeness (QED) is 0.850. The Morgan fingerprint density at radius 1 is 1.12 bits per heavy atom. The first-order valence-electron chi connectivity index (χ1n) is 7.98. The first-order valence-corrected chi connectivity index (χ1v) is 8.73. The largest absolute Gasteiger partial charge is 0.326 e. The van der Waals surface area contributed by atoms with Crippen LogP contribution in [-0.4, -0.2) is 18.4 Å². The van der Waals surface area contributed by atoms with Gasteiger partial charge in [0.15, 0.2) is 0 Å². The van der Waals surface area contributed by atoms with Crippen LogP contribution in [0.3, 0.4) is 0 Å². The molecular weight excluding hydrogens is 359 g/mol. The Balaban J connectivity index is 1.75. The molecule has 0 unspecified atom stereocenters. The highest BCUT2D eigenvalue weighted by Gasteiger charge is 2.36. The van der Waals surface area contributed by atoms with E-state index >= 15 is 0 Å². The average molecular weight is 377 g/mol. The summed E-state index contributed by atoms with van der Waals surface area (Å²) in [5, 5.41) is 3.84. The maximum atomic E-state index is 12.6. The topological polar surface area (TPSA) is 49.4 Å². The van der Waals surface area contributed by atoms with E-state index in [2.05, 4.69) is 5.32 Å². The number of anilines is 2. The number of aryl methyl sites for hydroxylation is 2. The van der Waals surface area contributed by atoms with Crippen molar-refractivity contribution in [1.82, 2.24) is 0 Å². The highest BCUT2D eigenvalue weighted by atomic mass is 35.5. The van der Waals surface area contributed by atoms with E-state index < -0.39 is 5.92 Å². The van der Waals surface area contributed by atoms with Gasteiger partial charge in [0.2, 0.25) is 11.8 Å². The molecule has 0 spiro atoms. The van der Waals surface area contributed by atoms with Gasteiger partial charge < -0.3 is 10.2 Å². The third kappa shape index (κ3) is 3.97. The molecule has 1 fully saturated rings. The van der Waals surface area contributed by atoms with Crippen LogP contribution in [-0.2, 0) is 9.59 Å². The number of hydrogen-bond donors (Lipinski definition) is 1. The van der Waals surface area contributed by atoms with Gasteiger partial charge >= 0.3 is 0 Å². The molecule has 25 heavy (non-hydrogen) atoms. The Bertz CT molecular complexity index is 831. The van der Waals surface area contributed by atoms with Crippen molar-refractivity contribution in [1.29, 1.82) is 0 Å². The lowest BCUT2D eigenvalue weighted by Crippen LogP contribution is -2.28. The highest BCUT2D eigenvalue weighted by molar-refractivity contribution is 6.36. The van der Waals surface area contributed by atoms with Gasteiger partial charge in [0.05, 0.1) is 16.6 Å². The molecule has 0 radical (unpaired) electrons. The van der Waals surface area contributed by atoms with Crippen molar-refractivity contribution in [3.63, 3.8) is 0 Å². The minimum absolute atomic E-state index is 0.135. The molecule has 1 saturated heterocycles. The Kier molecular flexibility index (Phi) is 5.02. The first-order chi connectivity index (χ1) is 11.8. The third-order valence-corrected chi connectivity index (χ3v) is 4.74. The lowest BCUT2D eigenvalue weighted by molar-refractivity contribution is -0.122. The van der Waals surface area contributed by atoms with Gasteiger partial charge in [-0.25, -0.2) is 0 Å². The zero-order chi connectivity index (χ0) is 18.1. The number of rotatable bonds is 3. The SMILES string of the molecule is Cc1cc(C)cc(NC(=O)[C@@H]2CC(=O)N(c3cc(Cl)ccc3Cl)C2)c1. The number of nitrogens with one attached hydrogen (secondary N) is 1. The Morgan fingerprint density at radius 3 is 2.48 bits per heavy atom. The molecule has 1 atom stereocenters. The van der Waals surface area contributed by atoms with E-state index in [9.17, 15) is 9.59 Å². The monoisotopic (exact) mass is 376 g/mol. The minimum atomic E-state index is -0.427. The minimum Gasteiger partial charge on any atom is -0.326 e. The van der Waals surface area contributed by atoms with Crippen molar-refractivity contribution >= 4 is 46.4 Å². The van der Waals surface area contributed by atoms with Gasteiger partial charge in [0.1, 0.15) is 0 Å². The van der Waals surface area contributed by atoms with Crippen LogP contribution in [0.5, 0.6) is 0 Å². The Labute approximate surface area is 156 Å². The second-order valence-electron chi connectivity index (χ2n) is 6.37. The van der Waals surface area contributed by atoms with Gasteiger partial charge in [-0.15, -0.1) is 0 Å². The van der Waals surface area contributed by atoms with Crippen molar-refractivity contribution in [2.24, 2.45) is 5.92 Å². The maximum Gasteiger partial charge on any atom is 0.229 e. The van der Waals surface area contributed by atoms with Gasteiger partial charge in [-0.05, 0) is 55.3 Å². The lowest BCUT2D eigenvalue weighted by atomic mass is 10.1. The molecule has 2 amide bonds. The zero-order valence-corrected chi connectivity index (χ0v) is 15.5. The molecule has 1 heterocycles. The molecule has 0 saturated carbocycles. The van der Waals surface area contributed by atoms with E-state index in [0.29, 0.717) is 15.7 Å². The lowest BCUT2D eigenvalue weighted by Gasteiger charge is -2.18. The van der Waals surface area contributed by atoms with Crippen LogP contribution in [0.25, 0.3) is 0 Å². The van der Waals surface area contributed by atoms with Gasteiger partial charge in [-0.1, -0.05) is 29.3 Å². The standard InChI is InChI=1S/C19H18Cl2N2O2/c1-11-5-12(2)7-15(6-11)22-19(25)13-8-18(24)23(10-13)17-9-14(20)3-4-16(17)21/h3-7,9,13H,8,10H2,1-2H3,(H,22,25)/t13-/m1/s1. The van der Waals surface area contributed by atoms with Gasteiger partial charge in [0, 0.05) is 23.7 Å². The average Bonchev–Trinajstić information content (AvgIpc) is 2.90. The summed E-state index contributed by atoms with van der Waals surface area (Å²) in [4.78, 5) is 26.4. The normalized spacial score (nSPS) is 17.0. The van der Waals surface area contributed by atoms with Gasteiger partial charge in [-0.3, -0.25) is 9.59 Å². The van der Waals surface area contributed by atoms with Crippen molar-refractivity contribution in [3.8, 4) is 0 Å². The van der Waals surface area contributed by atoms with Crippen LogP contribution in [0.4, 0.5) is 11.4 Å². The molecule has 6 heteroatoms. The molecule has 1 aliphatic rings. The van der Waals surface area contributed by atoms with E-state index in [1.807, 2.05) is 32.0 Å². The molecule has 1 aliphatic heterocycles. The molecule has 1 N–H and O–H groups in total. The molecule has 2 aromatic rings. The van der Waals surface area contributed by atoms with Crippen LogP contribution in [0.15, 0.2) is 36.4 Å². The van der Waals surface area contributed by atoms with Gasteiger partial charge in [0.25, 0.3) is 0 Å². The Morgan fingerprint density at radius 2 is 1.80 bits per heavy atom. The Hall–Kier alpha value is -2.04. The van der Waals surface area contributed by atoms with Crippen molar-refractivity contribution in [2.75, 3.05) is 16.8 Å². The number of amides is 2. The molecule has 130 valence electrons. The molecule has 2 aromatic carbocycles. The smallest absolute Gasteiger partial charge is 0.229 e. The second-order valence-corrected chi connectivity index (χ2v) is 7.21. The molecule has 4 nitrogen and oxygen atoms in total. The van der Waals surface area contributed by atoms with Crippen LogP contribution in [0.2, 0.25) is 10.0 Å². The van der Waals surface area contributed by atoms with Crippen molar-refractivity contribution < 1.29 is 9.59 Å². The molecular formula is C19H18Cl2N2O2. The predicted octanol–water partition coefficient (Wildman–Crippen LogP) is 4.60. The summed E-state index contributed by atoms with van der Waals surface area (Å²) in [6.07, 6.45) is 0.152. The van der Waals surface area contributed by atoms with E-state index in [1.54, 1.807) is 18.2 Å². The number of carbonyl (C=O) groups is 2. The van der Waals surface area contributed by atoms with Crippen LogP contribution in [0.1, 0.15) is 17.5 Å². The van der Waals surface area contributed by atoms with Crippen LogP contribution in [0, 0.1) is 19.8 Å². The summed E-state index contributed by atoms with van der Waals surface area (Å²) in [7, 11) is 0. The fourth-order valence-corrected chi connectivity index (χ4v) is 3.49. The number of benzene rings is 2. The highest BCUT2D eigenvalue weighted by Crippen LogP contribution is 2.33. The molecule has 3 rings (SSSR count). The summed E-state index contributed by atoms with van der Waals surface area (Å²) >= 11 is 12.2. The summed E-state index contributed by atoms with van der Waals surface area (Å²) in [5.74, 6) is -0.730. The molecule has 0 aromatic heterocycles. The fourth-order valence-electron chi connectivity index (χ4n) is 3.10. The third-order valence-electron chi connectivity index (χ3n) is 4.18. The summed E-state index contributed by atoms with van der Waals surface area (Å²) in [6, 6.07) is 10.8. The molecule has 0 aliphatic carbocycles. The van der Waals surface area contributed by atoms with Gasteiger partial charge in [-0.2, -0.15) is 0 Å². The summed E-state index contributed by atoms with van der Waals surface area (Å²) < 4.78 is 0. The van der Waals surface area contributed by atoms with Crippen molar-refractivity contribution in [3.05, 3.63) is 57.6 Å². The van der Waals surface area contributed by atoms with Crippen LogP contribution < -0.4 is 10.2 Å². The molecule has 0 bridgehead atoms. The van der Waals surface area contributed by atoms with E-state index in [0.717, 1.165) is 16.8 Å². The number of carbonyl (C=O) groups excluding carboxylic acids is 2. The summed E-state index contributed by atoms with van der Waals surface area (Å²) in [5.41, 5.74) is 3.44. The number of hydrogen-bond acceptors (Lipinski definition) is 2.